The van der Waals surface area contributed by atoms with Crippen molar-refractivity contribution in [2.24, 2.45) is 4.99 Å². The molecule has 0 unspecified atom stereocenters. The van der Waals surface area contributed by atoms with Gasteiger partial charge < -0.3 is 4.74 Å². The standard InChI is InChI=1S/C6H9NO/c1-7-5-6-3-2-4-8-6/h3,5H,2,4H2,1H3. The monoisotopic (exact) mass is 111 g/mol. The predicted octanol–water partition coefficient (Wildman–Crippen LogP) is 0.991. The molecule has 2 nitrogen and oxygen atoms in total. The first-order valence-corrected chi connectivity index (χ1v) is 2.68. The lowest BCUT2D eigenvalue weighted by molar-refractivity contribution is 0.265. The van der Waals surface area contributed by atoms with Crippen LogP contribution >= 0.6 is 0 Å². The van der Waals surface area contributed by atoms with Crippen molar-refractivity contribution in [2.45, 2.75) is 6.42 Å². The molecule has 0 fully saturated rings. The number of hydrogen-bond donors (Lipinski definition) is 0. The van der Waals surface area contributed by atoms with Gasteiger partial charge in [-0.05, 0) is 6.08 Å². The molecule has 1 aliphatic heterocycles. The highest BCUT2D eigenvalue weighted by molar-refractivity contribution is 5.76. The van der Waals surface area contributed by atoms with Crippen LogP contribution in [-0.2, 0) is 4.74 Å². The maximum absolute atomic E-state index is 5.11. The van der Waals surface area contributed by atoms with Crippen LogP contribution in [0.4, 0.5) is 0 Å². The summed E-state index contributed by atoms with van der Waals surface area (Å²) in [4.78, 5) is 3.80. The lowest BCUT2D eigenvalue weighted by Gasteiger charge is -1.91. The van der Waals surface area contributed by atoms with Gasteiger partial charge in [0.25, 0.3) is 0 Å². The Hall–Kier alpha value is -0.790. The Morgan fingerprint density at radius 1 is 1.88 bits per heavy atom. The third-order valence-electron chi connectivity index (χ3n) is 0.988. The summed E-state index contributed by atoms with van der Waals surface area (Å²) in [7, 11) is 1.74. The van der Waals surface area contributed by atoms with Crippen molar-refractivity contribution in [1.82, 2.24) is 0 Å². The Morgan fingerprint density at radius 2 is 2.75 bits per heavy atom. The van der Waals surface area contributed by atoms with Crippen LogP contribution in [0, 0.1) is 0 Å². The molecule has 0 aromatic heterocycles. The van der Waals surface area contributed by atoms with E-state index in [1.807, 2.05) is 6.08 Å². The van der Waals surface area contributed by atoms with Crippen LogP contribution in [0.5, 0.6) is 0 Å². The second-order valence-electron chi connectivity index (χ2n) is 1.63. The molecule has 8 heavy (non-hydrogen) atoms. The van der Waals surface area contributed by atoms with Gasteiger partial charge in [-0.25, -0.2) is 0 Å². The minimum atomic E-state index is 0.821. The lowest BCUT2D eigenvalue weighted by atomic mass is 10.4. The molecule has 0 radical (unpaired) electrons. The number of hydrogen-bond acceptors (Lipinski definition) is 2. The van der Waals surface area contributed by atoms with E-state index in [9.17, 15) is 0 Å². The SMILES string of the molecule is CN=CC1=CCCO1. The zero-order valence-corrected chi connectivity index (χ0v) is 4.92. The first-order chi connectivity index (χ1) is 3.93. The predicted molar refractivity (Wildman–Crippen MR) is 33.1 cm³/mol. The Labute approximate surface area is 48.9 Å². The number of nitrogens with zero attached hydrogens (tertiary/aromatic N) is 1. The van der Waals surface area contributed by atoms with Gasteiger partial charge >= 0.3 is 0 Å². The van der Waals surface area contributed by atoms with Crippen LogP contribution in [0.25, 0.3) is 0 Å². The fourth-order valence-corrected chi connectivity index (χ4v) is 0.654. The summed E-state index contributed by atoms with van der Waals surface area (Å²) in [5, 5.41) is 0. The van der Waals surface area contributed by atoms with Gasteiger partial charge in [-0.15, -0.1) is 0 Å². The molecule has 1 rings (SSSR count). The van der Waals surface area contributed by atoms with Crippen LogP contribution in [-0.4, -0.2) is 19.9 Å². The maximum Gasteiger partial charge on any atom is 0.133 e. The van der Waals surface area contributed by atoms with Crippen molar-refractivity contribution >= 4 is 6.21 Å². The molecule has 1 heterocycles. The van der Waals surface area contributed by atoms with E-state index < -0.39 is 0 Å². The van der Waals surface area contributed by atoms with Gasteiger partial charge in [0.1, 0.15) is 5.76 Å². The number of aliphatic imine (C=N–C) groups is 1. The van der Waals surface area contributed by atoms with Crippen LogP contribution in [0.2, 0.25) is 0 Å². The minimum absolute atomic E-state index is 0.821. The first kappa shape index (κ1) is 5.35. The minimum Gasteiger partial charge on any atom is -0.492 e. The maximum atomic E-state index is 5.11. The smallest absolute Gasteiger partial charge is 0.133 e. The van der Waals surface area contributed by atoms with Gasteiger partial charge in [0.2, 0.25) is 0 Å². The number of ether oxygens (including phenoxy) is 1. The molecule has 0 N–H and O–H groups in total. The largest absolute Gasteiger partial charge is 0.492 e. The average Bonchev–Trinajstić information content (AvgIpc) is 2.19. The summed E-state index contributed by atoms with van der Waals surface area (Å²) >= 11 is 0. The van der Waals surface area contributed by atoms with Crippen LogP contribution in [0.3, 0.4) is 0 Å². The Morgan fingerprint density at radius 3 is 3.25 bits per heavy atom. The van der Waals surface area contributed by atoms with E-state index in [2.05, 4.69) is 4.99 Å². The highest BCUT2D eigenvalue weighted by Gasteiger charge is 1.99. The van der Waals surface area contributed by atoms with Gasteiger partial charge in [0.15, 0.2) is 0 Å². The summed E-state index contributed by atoms with van der Waals surface area (Å²) < 4.78 is 5.11. The Kier molecular flexibility index (Phi) is 1.67. The second kappa shape index (κ2) is 2.50. The number of rotatable bonds is 1. The summed E-state index contributed by atoms with van der Waals surface area (Å²) in [5.41, 5.74) is 0. The van der Waals surface area contributed by atoms with Crippen LogP contribution < -0.4 is 0 Å². The van der Waals surface area contributed by atoms with E-state index in [1.54, 1.807) is 13.3 Å². The normalized spacial score (nSPS) is 18.9. The molecule has 0 bridgehead atoms. The van der Waals surface area contributed by atoms with Gasteiger partial charge in [0.05, 0.1) is 12.8 Å². The molecule has 2 heteroatoms. The molecule has 0 saturated carbocycles. The molecule has 0 aromatic carbocycles. The Balaban J connectivity index is 2.45. The van der Waals surface area contributed by atoms with Crippen molar-refractivity contribution < 1.29 is 4.74 Å². The number of allylic oxidation sites excluding steroid dienone is 1. The van der Waals surface area contributed by atoms with E-state index in [0.29, 0.717) is 0 Å². The van der Waals surface area contributed by atoms with E-state index in [-0.39, 0.29) is 0 Å². The third kappa shape index (κ3) is 1.09. The summed E-state index contributed by atoms with van der Waals surface area (Å²) in [6, 6.07) is 0. The van der Waals surface area contributed by atoms with E-state index in [1.165, 1.54) is 0 Å². The fraction of sp³-hybridized carbons (Fsp3) is 0.500. The molecular formula is C6H9NO. The fourth-order valence-electron chi connectivity index (χ4n) is 0.654. The molecule has 44 valence electrons. The van der Waals surface area contributed by atoms with Crippen LogP contribution in [0.1, 0.15) is 6.42 Å². The zero-order valence-electron chi connectivity index (χ0n) is 4.92. The molecule has 0 aromatic rings. The topological polar surface area (TPSA) is 21.6 Å². The van der Waals surface area contributed by atoms with Gasteiger partial charge in [-0.2, -0.15) is 0 Å². The van der Waals surface area contributed by atoms with Crippen molar-refractivity contribution in [2.75, 3.05) is 13.7 Å². The summed E-state index contributed by atoms with van der Waals surface area (Å²) in [5.74, 6) is 0.910. The van der Waals surface area contributed by atoms with Gasteiger partial charge in [-0.1, -0.05) is 0 Å². The summed E-state index contributed by atoms with van der Waals surface area (Å²) in [6.45, 7) is 0.821. The van der Waals surface area contributed by atoms with E-state index >= 15 is 0 Å². The van der Waals surface area contributed by atoms with Gasteiger partial charge in [0, 0.05) is 13.5 Å². The van der Waals surface area contributed by atoms with Crippen molar-refractivity contribution in [3.63, 3.8) is 0 Å². The van der Waals surface area contributed by atoms with E-state index in [0.717, 1.165) is 18.8 Å². The Bertz CT molecular complexity index is 126. The molecular weight excluding hydrogens is 102 g/mol. The molecule has 1 aliphatic rings. The average molecular weight is 111 g/mol. The quantitative estimate of drug-likeness (QED) is 0.462. The highest BCUT2D eigenvalue weighted by Crippen LogP contribution is 2.05. The zero-order chi connectivity index (χ0) is 5.82. The lowest BCUT2D eigenvalue weighted by Crippen LogP contribution is -1.84. The first-order valence-electron chi connectivity index (χ1n) is 2.68. The molecule has 0 aliphatic carbocycles. The molecule has 0 spiro atoms. The van der Waals surface area contributed by atoms with Crippen molar-refractivity contribution in [3.8, 4) is 0 Å². The second-order valence-corrected chi connectivity index (χ2v) is 1.63. The third-order valence-corrected chi connectivity index (χ3v) is 0.988. The van der Waals surface area contributed by atoms with E-state index in [4.69, 9.17) is 4.74 Å². The van der Waals surface area contributed by atoms with Crippen LogP contribution in [0.15, 0.2) is 16.8 Å². The highest BCUT2D eigenvalue weighted by atomic mass is 16.5. The summed E-state index contributed by atoms with van der Waals surface area (Å²) in [6.07, 6.45) is 4.79. The molecule has 0 atom stereocenters. The molecule has 0 amide bonds. The van der Waals surface area contributed by atoms with Crippen molar-refractivity contribution in [3.05, 3.63) is 11.8 Å². The molecule has 0 saturated heterocycles. The van der Waals surface area contributed by atoms with Crippen molar-refractivity contribution in [1.29, 1.82) is 0 Å². The van der Waals surface area contributed by atoms with Gasteiger partial charge in [-0.3, -0.25) is 4.99 Å².